The lowest BCUT2D eigenvalue weighted by Crippen LogP contribution is -2.05. The number of nitrogens with one attached hydrogen (secondary N) is 2. The molecule has 1 aliphatic rings. The summed E-state index contributed by atoms with van der Waals surface area (Å²) >= 11 is 0. The summed E-state index contributed by atoms with van der Waals surface area (Å²) in [6, 6.07) is 8.57. The number of anilines is 3. The highest BCUT2D eigenvalue weighted by Gasteiger charge is 2.11. The molecule has 1 aliphatic carbocycles. The van der Waals surface area contributed by atoms with Crippen LogP contribution in [0.5, 0.6) is 0 Å². The lowest BCUT2D eigenvalue weighted by atomic mass is 10.1. The van der Waals surface area contributed by atoms with Crippen LogP contribution in [0.4, 0.5) is 17.5 Å². The first kappa shape index (κ1) is 12.9. The summed E-state index contributed by atoms with van der Waals surface area (Å²) in [5.41, 5.74) is 5.02. The van der Waals surface area contributed by atoms with Crippen LogP contribution in [-0.4, -0.2) is 16.5 Å². The van der Waals surface area contributed by atoms with Gasteiger partial charge in [0.05, 0.1) is 0 Å². The third-order valence-electron chi connectivity index (χ3n) is 3.56. The highest BCUT2D eigenvalue weighted by Crippen LogP contribution is 2.26. The fourth-order valence-electron chi connectivity index (χ4n) is 2.67. The third kappa shape index (κ3) is 2.74. The Labute approximate surface area is 119 Å². The average Bonchev–Trinajstić information content (AvgIpc) is 2.85. The standard InChI is InChI=1S/C16H20N4/c1-3-17-16-18-11(2)9-15(20-16)19-14-8-7-12-5-4-6-13(12)10-14/h7-10H,3-6H2,1-2H3,(H2,17,18,19,20). The number of aryl methyl sites for hydroxylation is 3. The Balaban J connectivity index is 1.83. The van der Waals surface area contributed by atoms with Crippen LogP contribution in [0.3, 0.4) is 0 Å². The van der Waals surface area contributed by atoms with E-state index in [1.165, 1.54) is 30.4 Å². The smallest absolute Gasteiger partial charge is 0.224 e. The molecule has 2 aromatic rings. The molecule has 0 radical (unpaired) electrons. The normalized spacial score (nSPS) is 13.1. The number of rotatable bonds is 4. The summed E-state index contributed by atoms with van der Waals surface area (Å²) in [7, 11) is 0. The molecule has 3 rings (SSSR count). The van der Waals surface area contributed by atoms with E-state index in [0.29, 0.717) is 5.95 Å². The van der Waals surface area contributed by atoms with Gasteiger partial charge in [0.2, 0.25) is 5.95 Å². The van der Waals surface area contributed by atoms with Crippen LogP contribution < -0.4 is 10.6 Å². The van der Waals surface area contributed by atoms with E-state index in [2.05, 4.69) is 38.8 Å². The Kier molecular flexibility index (Phi) is 3.54. The first-order valence-electron chi connectivity index (χ1n) is 7.23. The predicted molar refractivity (Wildman–Crippen MR) is 82.7 cm³/mol. The highest BCUT2D eigenvalue weighted by atomic mass is 15.1. The van der Waals surface area contributed by atoms with Crippen molar-refractivity contribution in [2.24, 2.45) is 0 Å². The summed E-state index contributed by atoms with van der Waals surface area (Å²) in [6.45, 7) is 4.84. The molecule has 0 atom stereocenters. The Morgan fingerprint density at radius 3 is 2.80 bits per heavy atom. The number of nitrogens with zero attached hydrogens (tertiary/aromatic N) is 2. The van der Waals surface area contributed by atoms with Crippen molar-refractivity contribution in [1.29, 1.82) is 0 Å². The van der Waals surface area contributed by atoms with Crippen molar-refractivity contribution < 1.29 is 0 Å². The minimum Gasteiger partial charge on any atom is -0.354 e. The van der Waals surface area contributed by atoms with Crippen molar-refractivity contribution in [3.63, 3.8) is 0 Å². The van der Waals surface area contributed by atoms with Gasteiger partial charge in [0.15, 0.2) is 0 Å². The maximum atomic E-state index is 4.48. The minimum atomic E-state index is 0.677. The number of fused-ring (bicyclic) bond motifs is 1. The fraction of sp³-hybridized carbons (Fsp3) is 0.375. The summed E-state index contributed by atoms with van der Waals surface area (Å²) in [5.74, 6) is 1.52. The van der Waals surface area contributed by atoms with Crippen LogP contribution >= 0.6 is 0 Å². The van der Waals surface area contributed by atoms with Gasteiger partial charge >= 0.3 is 0 Å². The van der Waals surface area contributed by atoms with E-state index in [1.54, 1.807) is 0 Å². The van der Waals surface area contributed by atoms with Gasteiger partial charge in [-0.1, -0.05) is 6.07 Å². The van der Waals surface area contributed by atoms with E-state index in [9.17, 15) is 0 Å². The molecule has 0 saturated heterocycles. The Morgan fingerprint density at radius 1 is 1.10 bits per heavy atom. The van der Waals surface area contributed by atoms with E-state index in [1.807, 2.05) is 19.9 Å². The van der Waals surface area contributed by atoms with Crippen LogP contribution in [0, 0.1) is 6.92 Å². The van der Waals surface area contributed by atoms with Crippen LogP contribution in [-0.2, 0) is 12.8 Å². The number of hydrogen-bond acceptors (Lipinski definition) is 4. The summed E-state index contributed by atoms with van der Waals surface area (Å²) in [4.78, 5) is 8.84. The van der Waals surface area contributed by atoms with E-state index in [0.717, 1.165) is 23.7 Å². The van der Waals surface area contributed by atoms with E-state index >= 15 is 0 Å². The predicted octanol–water partition coefficient (Wildman–Crippen LogP) is 3.45. The molecule has 0 aliphatic heterocycles. The van der Waals surface area contributed by atoms with E-state index < -0.39 is 0 Å². The molecule has 4 heteroatoms. The van der Waals surface area contributed by atoms with Crippen molar-refractivity contribution in [1.82, 2.24) is 9.97 Å². The Hall–Kier alpha value is -2.10. The van der Waals surface area contributed by atoms with Crippen LogP contribution in [0.2, 0.25) is 0 Å². The quantitative estimate of drug-likeness (QED) is 0.891. The molecule has 4 nitrogen and oxygen atoms in total. The van der Waals surface area contributed by atoms with Gasteiger partial charge in [0.25, 0.3) is 0 Å². The molecule has 1 aromatic carbocycles. The maximum absolute atomic E-state index is 4.48. The van der Waals surface area contributed by atoms with Crippen molar-refractivity contribution in [2.75, 3.05) is 17.2 Å². The van der Waals surface area contributed by atoms with Gasteiger partial charge in [-0.25, -0.2) is 4.98 Å². The van der Waals surface area contributed by atoms with Gasteiger partial charge in [0, 0.05) is 24.0 Å². The van der Waals surface area contributed by atoms with Gasteiger partial charge in [-0.05, 0) is 56.4 Å². The summed E-state index contributed by atoms with van der Waals surface area (Å²) in [5, 5.41) is 6.54. The molecule has 0 unspecified atom stereocenters. The van der Waals surface area contributed by atoms with Crippen molar-refractivity contribution in [3.05, 3.63) is 41.1 Å². The van der Waals surface area contributed by atoms with E-state index in [4.69, 9.17) is 0 Å². The van der Waals surface area contributed by atoms with Gasteiger partial charge in [-0.3, -0.25) is 0 Å². The first-order valence-corrected chi connectivity index (χ1v) is 7.23. The van der Waals surface area contributed by atoms with Crippen molar-refractivity contribution in [2.45, 2.75) is 33.1 Å². The lowest BCUT2D eigenvalue weighted by molar-refractivity contribution is 0.912. The van der Waals surface area contributed by atoms with Crippen LogP contribution in [0.25, 0.3) is 0 Å². The third-order valence-corrected chi connectivity index (χ3v) is 3.56. The number of benzene rings is 1. The molecule has 0 bridgehead atoms. The largest absolute Gasteiger partial charge is 0.354 e. The van der Waals surface area contributed by atoms with Crippen molar-refractivity contribution >= 4 is 17.5 Å². The van der Waals surface area contributed by atoms with Gasteiger partial charge in [0.1, 0.15) is 5.82 Å². The molecule has 0 fully saturated rings. The highest BCUT2D eigenvalue weighted by molar-refractivity contribution is 5.60. The van der Waals surface area contributed by atoms with Gasteiger partial charge in [-0.15, -0.1) is 0 Å². The van der Waals surface area contributed by atoms with Crippen LogP contribution in [0.15, 0.2) is 24.3 Å². The fourth-order valence-corrected chi connectivity index (χ4v) is 2.67. The Bertz CT molecular complexity index is 622. The second-order valence-electron chi connectivity index (χ2n) is 5.21. The second kappa shape index (κ2) is 5.49. The minimum absolute atomic E-state index is 0.677. The second-order valence-corrected chi connectivity index (χ2v) is 5.21. The Morgan fingerprint density at radius 2 is 1.95 bits per heavy atom. The van der Waals surface area contributed by atoms with E-state index in [-0.39, 0.29) is 0 Å². The molecule has 20 heavy (non-hydrogen) atoms. The molecule has 0 saturated carbocycles. The number of aromatic nitrogens is 2. The molecule has 0 amide bonds. The lowest BCUT2D eigenvalue weighted by Gasteiger charge is -2.10. The average molecular weight is 268 g/mol. The number of hydrogen-bond donors (Lipinski definition) is 2. The molecule has 0 spiro atoms. The zero-order valence-electron chi connectivity index (χ0n) is 12.0. The molecule has 104 valence electrons. The molecular weight excluding hydrogens is 248 g/mol. The first-order chi connectivity index (χ1) is 9.74. The molecule has 1 aromatic heterocycles. The maximum Gasteiger partial charge on any atom is 0.224 e. The monoisotopic (exact) mass is 268 g/mol. The van der Waals surface area contributed by atoms with Gasteiger partial charge in [-0.2, -0.15) is 4.98 Å². The zero-order valence-corrected chi connectivity index (χ0v) is 12.0. The van der Waals surface area contributed by atoms with Crippen molar-refractivity contribution in [3.8, 4) is 0 Å². The SMILES string of the molecule is CCNc1nc(C)cc(Nc2ccc3c(c2)CCC3)n1. The summed E-state index contributed by atoms with van der Waals surface area (Å²) in [6.07, 6.45) is 3.68. The zero-order chi connectivity index (χ0) is 13.9. The molecular formula is C16H20N4. The molecule has 1 heterocycles. The van der Waals surface area contributed by atoms with Gasteiger partial charge < -0.3 is 10.6 Å². The molecule has 2 N–H and O–H groups in total. The summed E-state index contributed by atoms with van der Waals surface area (Å²) < 4.78 is 0. The van der Waals surface area contributed by atoms with Crippen LogP contribution in [0.1, 0.15) is 30.2 Å². The topological polar surface area (TPSA) is 49.8 Å².